The van der Waals surface area contributed by atoms with Crippen LogP contribution in [0.2, 0.25) is 0 Å². The topological polar surface area (TPSA) is 38.3 Å². The van der Waals surface area contributed by atoms with E-state index in [4.69, 9.17) is 4.74 Å². The zero-order chi connectivity index (χ0) is 16.6. The fourth-order valence-electron chi connectivity index (χ4n) is 3.27. The molecule has 126 valence electrons. The quantitative estimate of drug-likeness (QED) is 0.869. The molecule has 1 amide bonds. The van der Waals surface area contributed by atoms with Crippen LogP contribution in [0.15, 0.2) is 54.6 Å². The van der Waals surface area contributed by atoms with Gasteiger partial charge in [0.2, 0.25) is 0 Å². The van der Waals surface area contributed by atoms with E-state index >= 15 is 0 Å². The molecule has 2 aromatic carbocycles. The van der Waals surface area contributed by atoms with Gasteiger partial charge in [-0.2, -0.15) is 0 Å². The van der Waals surface area contributed by atoms with Crippen LogP contribution < -0.4 is 10.1 Å². The van der Waals surface area contributed by atoms with Crippen molar-refractivity contribution in [2.24, 2.45) is 0 Å². The minimum atomic E-state index is -0.0172. The van der Waals surface area contributed by atoms with Crippen LogP contribution >= 0.6 is 0 Å². The van der Waals surface area contributed by atoms with Crippen molar-refractivity contribution in [2.45, 2.75) is 44.6 Å². The van der Waals surface area contributed by atoms with E-state index in [-0.39, 0.29) is 12.5 Å². The third-order valence-electron chi connectivity index (χ3n) is 4.54. The van der Waals surface area contributed by atoms with E-state index in [1.165, 1.54) is 24.8 Å². The highest BCUT2D eigenvalue weighted by atomic mass is 16.5. The largest absolute Gasteiger partial charge is 0.483 e. The molecule has 3 nitrogen and oxygen atoms in total. The lowest BCUT2D eigenvalue weighted by Gasteiger charge is -2.22. The summed E-state index contributed by atoms with van der Waals surface area (Å²) in [4.78, 5) is 12.1. The van der Waals surface area contributed by atoms with E-state index < -0.39 is 0 Å². The van der Waals surface area contributed by atoms with E-state index in [1.807, 2.05) is 36.4 Å². The molecule has 0 bridgehead atoms. The highest BCUT2D eigenvalue weighted by molar-refractivity contribution is 5.77. The molecule has 3 rings (SSSR count). The zero-order valence-corrected chi connectivity index (χ0v) is 14.0. The highest BCUT2D eigenvalue weighted by Gasteiger charge is 2.16. The maximum absolute atomic E-state index is 12.1. The lowest BCUT2D eigenvalue weighted by Crippen LogP contribution is -2.39. The third-order valence-corrected chi connectivity index (χ3v) is 4.54. The average molecular weight is 323 g/mol. The molecule has 3 heteroatoms. The molecule has 0 spiro atoms. The van der Waals surface area contributed by atoms with Gasteiger partial charge in [-0.05, 0) is 30.0 Å². The number of ether oxygens (including phenoxy) is 1. The van der Waals surface area contributed by atoms with Crippen molar-refractivity contribution in [3.05, 3.63) is 65.7 Å². The summed E-state index contributed by atoms with van der Waals surface area (Å²) in [6, 6.07) is 18.6. The summed E-state index contributed by atoms with van der Waals surface area (Å²) in [5, 5.41) is 3.09. The molecule has 2 aromatic rings. The molecule has 0 radical (unpaired) electrons. The molecule has 0 aromatic heterocycles. The molecular weight excluding hydrogens is 298 g/mol. The van der Waals surface area contributed by atoms with Crippen LogP contribution in [0.3, 0.4) is 0 Å². The second-order valence-electron chi connectivity index (χ2n) is 6.46. The maximum atomic E-state index is 12.1. The number of amides is 1. The Morgan fingerprint density at radius 3 is 2.46 bits per heavy atom. The molecule has 1 fully saturated rings. The highest BCUT2D eigenvalue weighted by Crippen LogP contribution is 2.21. The summed E-state index contributed by atoms with van der Waals surface area (Å²) in [5.41, 5.74) is 2.34. The fraction of sp³-hybridized carbons (Fsp3) is 0.381. The average Bonchev–Trinajstić information content (AvgIpc) is 2.63. The van der Waals surface area contributed by atoms with Crippen molar-refractivity contribution < 1.29 is 9.53 Å². The van der Waals surface area contributed by atoms with Gasteiger partial charge in [-0.15, -0.1) is 0 Å². The Morgan fingerprint density at radius 1 is 0.958 bits per heavy atom. The lowest BCUT2D eigenvalue weighted by atomic mass is 9.95. The number of hydrogen-bond acceptors (Lipinski definition) is 2. The first-order valence-electron chi connectivity index (χ1n) is 8.85. The van der Waals surface area contributed by atoms with Gasteiger partial charge in [0, 0.05) is 12.5 Å². The Kier molecular flexibility index (Phi) is 5.89. The molecule has 0 heterocycles. The summed E-state index contributed by atoms with van der Waals surface area (Å²) in [6.45, 7) is 0.0856. The summed E-state index contributed by atoms with van der Waals surface area (Å²) >= 11 is 0. The van der Waals surface area contributed by atoms with E-state index in [2.05, 4.69) is 23.5 Å². The van der Waals surface area contributed by atoms with Crippen molar-refractivity contribution in [1.29, 1.82) is 0 Å². The number of para-hydroxylation sites is 1. The molecule has 1 aliphatic carbocycles. The normalized spacial score (nSPS) is 15.0. The van der Waals surface area contributed by atoms with Gasteiger partial charge in [-0.25, -0.2) is 0 Å². The van der Waals surface area contributed by atoms with Crippen molar-refractivity contribution >= 4 is 5.91 Å². The molecule has 0 saturated heterocycles. The van der Waals surface area contributed by atoms with Gasteiger partial charge in [0.15, 0.2) is 6.61 Å². The molecule has 0 unspecified atom stereocenters. The van der Waals surface area contributed by atoms with E-state index in [0.29, 0.717) is 6.04 Å². The summed E-state index contributed by atoms with van der Waals surface area (Å²) < 4.78 is 5.80. The monoisotopic (exact) mass is 323 g/mol. The lowest BCUT2D eigenvalue weighted by molar-refractivity contribution is -0.124. The van der Waals surface area contributed by atoms with Crippen LogP contribution in [0.1, 0.15) is 43.2 Å². The summed E-state index contributed by atoms with van der Waals surface area (Å²) in [7, 11) is 0. The summed E-state index contributed by atoms with van der Waals surface area (Å²) in [6.07, 6.45) is 6.71. The van der Waals surface area contributed by atoms with Crippen LogP contribution in [0.25, 0.3) is 0 Å². The van der Waals surface area contributed by atoms with Gasteiger partial charge in [0.1, 0.15) is 5.75 Å². The second kappa shape index (κ2) is 8.53. The predicted octanol–water partition coefficient (Wildman–Crippen LogP) is 4.11. The van der Waals surface area contributed by atoms with Crippen LogP contribution in [0.4, 0.5) is 0 Å². The molecule has 24 heavy (non-hydrogen) atoms. The first-order valence-corrected chi connectivity index (χ1v) is 8.85. The van der Waals surface area contributed by atoms with Crippen LogP contribution in [0, 0.1) is 0 Å². The van der Waals surface area contributed by atoms with Gasteiger partial charge in [-0.3, -0.25) is 4.79 Å². The van der Waals surface area contributed by atoms with Crippen molar-refractivity contribution in [2.75, 3.05) is 6.61 Å². The Morgan fingerprint density at radius 2 is 1.67 bits per heavy atom. The first kappa shape index (κ1) is 16.6. The van der Waals surface area contributed by atoms with E-state index in [0.717, 1.165) is 30.6 Å². The second-order valence-corrected chi connectivity index (χ2v) is 6.46. The Hall–Kier alpha value is -2.29. The van der Waals surface area contributed by atoms with Crippen molar-refractivity contribution in [3.63, 3.8) is 0 Å². The number of nitrogens with one attached hydrogen (secondary N) is 1. The van der Waals surface area contributed by atoms with Gasteiger partial charge in [0.05, 0.1) is 0 Å². The molecular formula is C21H25NO2. The van der Waals surface area contributed by atoms with Gasteiger partial charge in [0.25, 0.3) is 5.91 Å². The number of carbonyl (C=O) groups is 1. The van der Waals surface area contributed by atoms with E-state index in [1.54, 1.807) is 0 Å². The summed E-state index contributed by atoms with van der Waals surface area (Å²) in [5.74, 6) is 0.775. The Labute approximate surface area is 144 Å². The maximum Gasteiger partial charge on any atom is 0.258 e. The zero-order valence-electron chi connectivity index (χ0n) is 14.0. The van der Waals surface area contributed by atoms with Gasteiger partial charge in [-0.1, -0.05) is 67.8 Å². The minimum Gasteiger partial charge on any atom is -0.483 e. The number of rotatable bonds is 6. The minimum absolute atomic E-state index is 0.0172. The SMILES string of the molecule is O=C(COc1ccccc1Cc1ccccc1)NC1CCCCC1. The van der Waals surface area contributed by atoms with Gasteiger partial charge >= 0.3 is 0 Å². The van der Waals surface area contributed by atoms with Crippen LogP contribution in [-0.4, -0.2) is 18.6 Å². The first-order chi connectivity index (χ1) is 11.8. The number of hydrogen-bond donors (Lipinski definition) is 1. The number of benzene rings is 2. The molecule has 1 aliphatic rings. The smallest absolute Gasteiger partial charge is 0.258 e. The standard InChI is InChI=1S/C21H25NO2/c23-21(22-19-12-5-2-6-13-19)16-24-20-14-8-7-11-18(20)15-17-9-3-1-4-10-17/h1,3-4,7-11,14,19H,2,5-6,12-13,15-16H2,(H,22,23). The van der Waals surface area contributed by atoms with Crippen LogP contribution in [-0.2, 0) is 11.2 Å². The molecule has 0 aliphatic heterocycles. The van der Waals surface area contributed by atoms with Crippen molar-refractivity contribution in [1.82, 2.24) is 5.32 Å². The molecule has 0 atom stereocenters. The predicted molar refractivity (Wildman–Crippen MR) is 96.2 cm³/mol. The third kappa shape index (κ3) is 4.85. The Bertz CT molecular complexity index is 648. The van der Waals surface area contributed by atoms with Gasteiger partial charge < -0.3 is 10.1 Å². The molecule has 1 saturated carbocycles. The van der Waals surface area contributed by atoms with Crippen molar-refractivity contribution in [3.8, 4) is 5.75 Å². The number of carbonyl (C=O) groups excluding carboxylic acids is 1. The fourth-order valence-corrected chi connectivity index (χ4v) is 3.27. The Balaban J connectivity index is 1.55. The molecule has 1 N–H and O–H groups in total. The van der Waals surface area contributed by atoms with E-state index in [9.17, 15) is 4.79 Å². The van der Waals surface area contributed by atoms with Crippen LogP contribution in [0.5, 0.6) is 5.75 Å².